The van der Waals surface area contributed by atoms with Crippen molar-refractivity contribution in [2.45, 2.75) is 13.5 Å². The average Bonchev–Trinajstić information content (AvgIpc) is 2.05. The van der Waals surface area contributed by atoms with E-state index in [2.05, 4.69) is 0 Å². The van der Waals surface area contributed by atoms with Gasteiger partial charge in [0.05, 0.1) is 0 Å². The smallest absolute Gasteiger partial charge is 0.250 e. The molecule has 0 atom stereocenters. The van der Waals surface area contributed by atoms with Gasteiger partial charge in [-0.3, -0.25) is 9.59 Å². The summed E-state index contributed by atoms with van der Waals surface area (Å²) in [6, 6.07) is 2.76. The van der Waals surface area contributed by atoms with Crippen LogP contribution in [-0.4, -0.2) is 10.4 Å². The average molecular weight is 163 g/mol. The summed E-state index contributed by atoms with van der Waals surface area (Å²) in [6.45, 7) is 7.40. The Balaban J connectivity index is 3.23. The molecule has 0 aromatic carbocycles. The Morgan fingerprint density at radius 2 is 2.25 bits per heavy atom. The zero-order valence-electron chi connectivity index (χ0n) is 6.78. The maximum atomic E-state index is 11.0. The third-order valence-electron chi connectivity index (χ3n) is 1.61. The lowest BCUT2D eigenvalue weighted by molar-refractivity contribution is 0.104. The number of carbonyl (C=O) groups excluding carboxylic acids is 1. The van der Waals surface area contributed by atoms with Crippen molar-refractivity contribution in [1.82, 2.24) is 4.57 Å². The Kier molecular flexibility index (Phi) is 2.43. The predicted octanol–water partition coefficient (Wildman–Crippen LogP) is 0.762. The van der Waals surface area contributed by atoms with Crippen LogP contribution in [0.5, 0.6) is 0 Å². The molecule has 0 bridgehead atoms. The van der Waals surface area contributed by atoms with Gasteiger partial charge in [0.25, 0.3) is 5.56 Å². The molecule has 1 rings (SSSR count). The van der Waals surface area contributed by atoms with Crippen LogP contribution in [0.2, 0.25) is 0 Å². The molecular weight excluding hydrogens is 154 g/mol. The summed E-state index contributed by atoms with van der Waals surface area (Å²) < 4.78 is 1.43. The maximum absolute atomic E-state index is 11.0. The van der Waals surface area contributed by atoms with Crippen LogP contribution in [0.3, 0.4) is 0 Å². The van der Waals surface area contributed by atoms with E-state index in [1.54, 1.807) is 0 Å². The van der Waals surface area contributed by atoms with Crippen molar-refractivity contribution >= 4 is 5.78 Å². The highest BCUT2D eigenvalue weighted by Gasteiger charge is 2.00. The number of nitrogens with zero attached hydrogens (tertiary/aromatic N) is 1. The highest BCUT2D eigenvalue weighted by molar-refractivity contribution is 5.98. The molecule has 3 nitrogen and oxygen atoms in total. The third-order valence-corrected chi connectivity index (χ3v) is 1.61. The maximum Gasteiger partial charge on any atom is 0.250 e. The Morgan fingerprint density at radius 3 is 2.75 bits per heavy atom. The Hall–Kier alpha value is -1.38. The number of aryl methyl sites for hydroxylation is 1. The molecule has 62 valence electrons. The van der Waals surface area contributed by atoms with Crippen molar-refractivity contribution < 1.29 is 4.79 Å². The van der Waals surface area contributed by atoms with Crippen molar-refractivity contribution in [3.05, 3.63) is 41.2 Å². The molecule has 0 N–H and O–H groups in total. The number of pyridine rings is 1. The summed E-state index contributed by atoms with van der Waals surface area (Å²) in [6.07, 6.45) is 1.46. The van der Waals surface area contributed by atoms with E-state index >= 15 is 0 Å². The molecule has 0 spiro atoms. The molecule has 0 saturated carbocycles. The van der Waals surface area contributed by atoms with Gasteiger partial charge in [0.15, 0.2) is 5.78 Å². The molecule has 12 heavy (non-hydrogen) atoms. The molecule has 2 radical (unpaired) electrons. The fraction of sp³-hybridized carbons (Fsp3) is 0.222. The number of carbonyl (C=O) groups is 1. The Morgan fingerprint density at radius 1 is 1.58 bits per heavy atom. The van der Waals surface area contributed by atoms with Crippen molar-refractivity contribution in [3.63, 3.8) is 0 Å². The first-order chi connectivity index (χ1) is 5.65. The lowest BCUT2D eigenvalue weighted by Crippen LogP contribution is -2.18. The molecule has 0 aliphatic rings. The Labute approximate surface area is 70.6 Å². The molecule has 0 amide bonds. The van der Waals surface area contributed by atoms with Gasteiger partial charge in [-0.05, 0) is 13.0 Å². The van der Waals surface area contributed by atoms with Gasteiger partial charge in [0, 0.05) is 31.3 Å². The number of hydrogen-bond acceptors (Lipinski definition) is 2. The van der Waals surface area contributed by atoms with Gasteiger partial charge in [0.1, 0.15) is 0 Å². The number of Topliss-reactive ketones (excluding diaryl/α,β-unsaturated/α-hetero) is 1. The molecule has 0 aliphatic carbocycles. The van der Waals surface area contributed by atoms with Crippen LogP contribution in [-0.2, 0) is 6.54 Å². The second-order valence-corrected chi connectivity index (χ2v) is 2.41. The lowest BCUT2D eigenvalue weighted by Gasteiger charge is -2.01. The molecule has 0 unspecified atom stereocenters. The second-order valence-electron chi connectivity index (χ2n) is 2.41. The van der Waals surface area contributed by atoms with E-state index in [1.165, 1.54) is 22.9 Å². The van der Waals surface area contributed by atoms with E-state index in [-0.39, 0.29) is 5.56 Å². The van der Waals surface area contributed by atoms with Gasteiger partial charge in [0.2, 0.25) is 0 Å². The van der Waals surface area contributed by atoms with E-state index in [0.29, 0.717) is 12.1 Å². The highest BCUT2D eigenvalue weighted by atomic mass is 16.1. The SMILES string of the molecule is [CH]C(=O)c1ccc(=O)n(CC)c1. The third kappa shape index (κ3) is 1.61. The van der Waals surface area contributed by atoms with E-state index in [1.807, 2.05) is 6.92 Å². The summed E-state index contributed by atoms with van der Waals surface area (Å²) in [5, 5.41) is 0. The zero-order chi connectivity index (χ0) is 9.14. The molecule has 1 aromatic rings. The van der Waals surface area contributed by atoms with Gasteiger partial charge in [-0.25, -0.2) is 0 Å². The first-order valence-electron chi connectivity index (χ1n) is 3.65. The number of aromatic nitrogens is 1. The number of hydrogen-bond donors (Lipinski definition) is 0. The normalized spacial score (nSPS) is 9.83. The van der Waals surface area contributed by atoms with Crippen molar-refractivity contribution in [1.29, 1.82) is 0 Å². The summed E-state index contributed by atoms with van der Waals surface area (Å²) in [5.74, 6) is -0.516. The topological polar surface area (TPSA) is 39.1 Å². The minimum atomic E-state index is -0.516. The molecule has 0 aliphatic heterocycles. The van der Waals surface area contributed by atoms with E-state index in [0.717, 1.165) is 0 Å². The predicted molar refractivity (Wildman–Crippen MR) is 45.0 cm³/mol. The van der Waals surface area contributed by atoms with E-state index in [4.69, 9.17) is 6.92 Å². The number of rotatable bonds is 2. The summed E-state index contributed by atoms with van der Waals surface area (Å²) in [5.41, 5.74) is 0.235. The van der Waals surface area contributed by atoms with Crippen molar-refractivity contribution in [3.8, 4) is 0 Å². The first-order valence-corrected chi connectivity index (χ1v) is 3.65. The molecule has 1 aromatic heterocycles. The van der Waals surface area contributed by atoms with Crippen molar-refractivity contribution in [2.75, 3.05) is 0 Å². The van der Waals surface area contributed by atoms with Crippen LogP contribution >= 0.6 is 0 Å². The number of ketones is 1. The monoisotopic (exact) mass is 163 g/mol. The molecule has 1 heterocycles. The molecule has 3 heteroatoms. The zero-order valence-corrected chi connectivity index (χ0v) is 6.78. The van der Waals surface area contributed by atoms with Crippen LogP contribution < -0.4 is 5.56 Å². The molecule has 0 fully saturated rings. The van der Waals surface area contributed by atoms with Gasteiger partial charge in [-0.15, -0.1) is 0 Å². The van der Waals surface area contributed by atoms with Gasteiger partial charge in [-0.2, -0.15) is 0 Å². The van der Waals surface area contributed by atoms with Crippen LogP contribution in [0.25, 0.3) is 0 Å². The Bertz CT molecular complexity index is 352. The van der Waals surface area contributed by atoms with Crippen LogP contribution in [0, 0.1) is 6.92 Å². The highest BCUT2D eigenvalue weighted by Crippen LogP contribution is 1.95. The summed E-state index contributed by atoms with van der Waals surface area (Å²) >= 11 is 0. The standard InChI is InChI=1S/C9H9NO2/c1-3-10-6-8(7(2)11)4-5-9(10)12/h2,4-6H,3H2,1H3. The first kappa shape index (κ1) is 8.71. The summed E-state index contributed by atoms with van der Waals surface area (Å²) in [7, 11) is 0. The van der Waals surface area contributed by atoms with Crippen LogP contribution in [0.1, 0.15) is 17.3 Å². The van der Waals surface area contributed by atoms with Gasteiger partial charge in [-0.1, -0.05) is 0 Å². The minimum absolute atomic E-state index is 0.123. The van der Waals surface area contributed by atoms with Crippen LogP contribution in [0.15, 0.2) is 23.1 Å². The quantitative estimate of drug-likeness (QED) is 0.604. The minimum Gasteiger partial charge on any atom is -0.315 e. The van der Waals surface area contributed by atoms with Crippen LogP contribution in [0.4, 0.5) is 0 Å². The van der Waals surface area contributed by atoms with Crippen molar-refractivity contribution in [2.24, 2.45) is 0 Å². The van der Waals surface area contributed by atoms with E-state index in [9.17, 15) is 9.59 Å². The molecular formula is C9H9NO2. The largest absolute Gasteiger partial charge is 0.315 e. The fourth-order valence-electron chi connectivity index (χ4n) is 0.924. The lowest BCUT2D eigenvalue weighted by atomic mass is 10.2. The van der Waals surface area contributed by atoms with Gasteiger partial charge >= 0.3 is 0 Å². The summed E-state index contributed by atoms with van der Waals surface area (Å²) in [4.78, 5) is 21.7. The fourth-order valence-corrected chi connectivity index (χ4v) is 0.924. The van der Waals surface area contributed by atoms with Gasteiger partial charge < -0.3 is 4.57 Å². The van der Waals surface area contributed by atoms with E-state index < -0.39 is 5.78 Å². The second kappa shape index (κ2) is 3.34. The molecule has 0 saturated heterocycles.